The molecule has 0 radical (unpaired) electrons. The van der Waals surface area contributed by atoms with Gasteiger partial charge >= 0.3 is 5.97 Å². The predicted octanol–water partition coefficient (Wildman–Crippen LogP) is 10.1. The highest BCUT2D eigenvalue weighted by atomic mass is 16.6. The largest absolute Gasteiger partial charge is 0.460 e. The molecular formula is C47H86N2O7. The van der Waals surface area contributed by atoms with Crippen LogP contribution in [0, 0.1) is 21.7 Å². The van der Waals surface area contributed by atoms with Gasteiger partial charge in [-0.2, -0.15) is 0 Å². The van der Waals surface area contributed by atoms with E-state index in [4.69, 9.17) is 14.2 Å². The number of esters is 1. The molecule has 0 aromatic heterocycles. The van der Waals surface area contributed by atoms with Crippen molar-refractivity contribution >= 4 is 17.7 Å². The van der Waals surface area contributed by atoms with E-state index in [1.165, 1.54) is 5.70 Å². The molecule has 1 N–H and O–H groups in total. The van der Waals surface area contributed by atoms with Crippen LogP contribution >= 0.6 is 0 Å². The van der Waals surface area contributed by atoms with Crippen LogP contribution in [-0.2, 0) is 28.6 Å². The maximum Gasteiger partial charge on any atom is 0.306 e. The number of likely N-dealkylation sites (tertiary alicyclic amines) is 2. The lowest BCUT2D eigenvalue weighted by atomic mass is 9.72. The average Bonchev–Trinajstić information content (AvgIpc) is 3.62. The molecule has 0 aromatic rings. The van der Waals surface area contributed by atoms with Crippen LogP contribution in [0.4, 0.5) is 0 Å². The standard InChI is InChI=1S/C47H86N2O7/c1-33-21-19-26-48(33)35(30-41(3,4)5)44(11,12)24-23-37(51)47(17,18)54-28-25-45(13,14)56-40(53)32-43(9,10)31-36(49-27-20-22-39(49)52)46(15,16)55-38(29-34(2)50)42(6,7)8/h34-36,38,50H,1,19-32H2,2-18H3. The molecule has 9 nitrogen and oxygen atoms in total. The summed E-state index contributed by atoms with van der Waals surface area (Å²) in [4.78, 5) is 44.8. The number of hydrogen-bond acceptors (Lipinski definition) is 8. The molecule has 4 unspecified atom stereocenters. The van der Waals surface area contributed by atoms with Gasteiger partial charge < -0.3 is 29.1 Å². The quantitative estimate of drug-likeness (QED) is 0.108. The maximum absolute atomic E-state index is 13.6. The normalized spacial score (nSPS) is 19.0. The molecule has 0 spiro atoms. The number of rotatable bonds is 22. The summed E-state index contributed by atoms with van der Waals surface area (Å²) < 4.78 is 19.1. The summed E-state index contributed by atoms with van der Waals surface area (Å²) in [5.41, 5.74) is -1.95. The van der Waals surface area contributed by atoms with Crippen LogP contribution in [0.1, 0.15) is 188 Å². The topological polar surface area (TPSA) is 106 Å². The lowest BCUT2D eigenvalue weighted by Gasteiger charge is -2.47. The number of amides is 1. The zero-order valence-corrected chi connectivity index (χ0v) is 39.2. The lowest BCUT2D eigenvalue weighted by Crippen LogP contribution is -2.55. The van der Waals surface area contributed by atoms with E-state index in [0.717, 1.165) is 38.6 Å². The number of aliphatic hydroxyl groups is 1. The predicted molar refractivity (Wildman–Crippen MR) is 228 cm³/mol. The SMILES string of the molecule is C=C1CCCN1C(CC(C)(C)C)C(C)(C)CCC(=O)C(C)(C)OCCC(C)(C)OC(=O)CC(C)(C)CC(N1CCCC1=O)C(C)(C)OC(CC(C)O)C(C)(C)C. The smallest absolute Gasteiger partial charge is 0.306 e. The van der Waals surface area contributed by atoms with E-state index in [0.29, 0.717) is 44.7 Å². The summed E-state index contributed by atoms with van der Waals surface area (Å²) in [5.74, 6) is -0.123. The molecule has 9 heteroatoms. The minimum absolute atomic E-state index is 0.0783. The monoisotopic (exact) mass is 791 g/mol. The van der Waals surface area contributed by atoms with Crippen molar-refractivity contribution in [1.82, 2.24) is 9.80 Å². The number of aliphatic hydroxyl groups excluding tert-OH is 1. The Bertz CT molecular complexity index is 1330. The van der Waals surface area contributed by atoms with Crippen LogP contribution < -0.4 is 0 Å². The molecule has 4 atom stereocenters. The first-order valence-corrected chi connectivity index (χ1v) is 21.7. The first-order valence-electron chi connectivity index (χ1n) is 21.7. The number of nitrogens with zero attached hydrogens (tertiary/aromatic N) is 2. The molecule has 2 aliphatic heterocycles. The van der Waals surface area contributed by atoms with E-state index in [9.17, 15) is 19.5 Å². The molecule has 2 saturated heterocycles. The summed E-state index contributed by atoms with van der Waals surface area (Å²) in [6.45, 7) is 41.5. The van der Waals surface area contributed by atoms with Gasteiger partial charge in [-0.25, -0.2) is 0 Å². The molecule has 2 rings (SSSR count). The molecule has 2 fully saturated rings. The van der Waals surface area contributed by atoms with Crippen molar-refractivity contribution in [3.8, 4) is 0 Å². The van der Waals surface area contributed by atoms with Gasteiger partial charge in [-0.15, -0.1) is 0 Å². The third kappa shape index (κ3) is 15.7. The number of carbonyl (C=O) groups is 3. The molecule has 1 amide bonds. The molecule has 2 aliphatic rings. The van der Waals surface area contributed by atoms with Crippen LogP contribution in [0.3, 0.4) is 0 Å². The van der Waals surface area contributed by atoms with Crippen molar-refractivity contribution in [2.45, 2.75) is 229 Å². The van der Waals surface area contributed by atoms with E-state index < -0.39 is 28.3 Å². The zero-order chi connectivity index (χ0) is 43.3. The Hall–Kier alpha value is -1.97. The summed E-state index contributed by atoms with van der Waals surface area (Å²) in [5, 5.41) is 10.3. The molecular weight excluding hydrogens is 705 g/mol. The van der Waals surface area contributed by atoms with Crippen LogP contribution in [0.25, 0.3) is 0 Å². The van der Waals surface area contributed by atoms with Crippen molar-refractivity contribution in [3.05, 3.63) is 12.3 Å². The van der Waals surface area contributed by atoms with Crippen LogP contribution in [-0.4, -0.2) is 93.4 Å². The van der Waals surface area contributed by atoms with E-state index in [1.807, 2.05) is 60.3 Å². The second kappa shape index (κ2) is 19.0. The van der Waals surface area contributed by atoms with Crippen molar-refractivity contribution < 1.29 is 33.7 Å². The Labute approximate surface area is 343 Å². The molecule has 326 valence electrons. The van der Waals surface area contributed by atoms with E-state index in [1.54, 1.807) is 6.92 Å². The lowest BCUT2D eigenvalue weighted by molar-refractivity contribution is -0.171. The number of Topliss-reactive ketones (excluding diaryl/α,β-unsaturated/α-hetero) is 1. The summed E-state index contributed by atoms with van der Waals surface area (Å²) in [6, 6.07) is 0.0415. The van der Waals surface area contributed by atoms with Crippen molar-refractivity contribution in [2.24, 2.45) is 21.7 Å². The second-order valence-electron chi connectivity index (χ2n) is 22.8. The fourth-order valence-electron chi connectivity index (χ4n) is 8.50. The Morgan fingerprint density at radius 1 is 0.804 bits per heavy atom. The zero-order valence-electron chi connectivity index (χ0n) is 39.2. The summed E-state index contributed by atoms with van der Waals surface area (Å²) >= 11 is 0. The Morgan fingerprint density at radius 2 is 1.38 bits per heavy atom. The van der Waals surface area contributed by atoms with Crippen molar-refractivity contribution in [1.29, 1.82) is 0 Å². The highest BCUT2D eigenvalue weighted by Crippen LogP contribution is 2.43. The van der Waals surface area contributed by atoms with Gasteiger partial charge in [0.05, 0.1) is 36.9 Å². The first-order chi connectivity index (χ1) is 25.2. The molecule has 0 saturated carbocycles. The van der Waals surface area contributed by atoms with Crippen molar-refractivity contribution in [2.75, 3.05) is 19.7 Å². The van der Waals surface area contributed by atoms with Crippen molar-refractivity contribution in [3.63, 3.8) is 0 Å². The highest BCUT2D eigenvalue weighted by molar-refractivity contribution is 5.86. The van der Waals surface area contributed by atoms with Crippen LogP contribution in [0.2, 0.25) is 0 Å². The van der Waals surface area contributed by atoms with Gasteiger partial charge in [0.25, 0.3) is 0 Å². The van der Waals surface area contributed by atoms with Gasteiger partial charge in [0.1, 0.15) is 11.2 Å². The number of allylic oxidation sites excluding steroid dienone is 1. The number of ketones is 1. The van der Waals surface area contributed by atoms with Gasteiger partial charge in [-0.1, -0.05) is 75.8 Å². The van der Waals surface area contributed by atoms with Gasteiger partial charge in [0.15, 0.2) is 5.78 Å². The molecule has 56 heavy (non-hydrogen) atoms. The average molecular weight is 791 g/mol. The third-order valence-electron chi connectivity index (χ3n) is 12.2. The minimum Gasteiger partial charge on any atom is -0.460 e. The Morgan fingerprint density at radius 3 is 1.86 bits per heavy atom. The van der Waals surface area contributed by atoms with E-state index >= 15 is 0 Å². The van der Waals surface area contributed by atoms with Crippen LogP contribution in [0.15, 0.2) is 12.3 Å². The Balaban J connectivity index is 2.04. The molecule has 2 heterocycles. The first kappa shape index (κ1) is 50.2. The van der Waals surface area contributed by atoms with E-state index in [2.05, 4.69) is 66.9 Å². The summed E-state index contributed by atoms with van der Waals surface area (Å²) in [7, 11) is 0. The second-order valence-corrected chi connectivity index (χ2v) is 22.8. The van der Waals surface area contributed by atoms with Gasteiger partial charge in [-0.05, 0) is 115 Å². The maximum atomic E-state index is 13.6. The molecule has 0 aromatic carbocycles. The Kier molecular flexibility index (Phi) is 17.0. The number of ether oxygens (including phenoxy) is 3. The fourth-order valence-corrected chi connectivity index (χ4v) is 8.50. The highest BCUT2D eigenvalue weighted by Gasteiger charge is 2.46. The minimum atomic E-state index is -0.965. The van der Waals surface area contributed by atoms with Gasteiger partial charge in [-0.3, -0.25) is 14.4 Å². The fraction of sp³-hybridized carbons (Fsp3) is 0.894. The third-order valence-corrected chi connectivity index (χ3v) is 12.2. The number of carbonyl (C=O) groups excluding carboxylic acids is 3. The molecule has 0 aliphatic carbocycles. The summed E-state index contributed by atoms with van der Waals surface area (Å²) in [6.07, 6.45) is 6.60. The molecule has 0 bridgehead atoms. The van der Waals surface area contributed by atoms with Gasteiger partial charge in [0, 0.05) is 44.1 Å². The van der Waals surface area contributed by atoms with Gasteiger partial charge in [0.2, 0.25) is 5.91 Å². The number of hydrogen-bond donors (Lipinski definition) is 1. The van der Waals surface area contributed by atoms with E-state index in [-0.39, 0.29) is 59.1 Å². The van der Waals surface area contributed by atoms with Crippen LogP contribution in [0.5, 0.6) is 0 Å².